The van der Waals surface area contributed by atoms with E-state index in [9.17, 15) is 4.79 Å². The maximum atomic E-state index is 11.8. The molecule has 0 saturated heterocycles. The van der Waals surface area contributed by atoms with Crippen molar-refractivity contribution in [3.63, 3.8) is 0 Å². The van der Waals surface area contributed by atoms with Crippen molar-refractivity contribution in [2.75, 3.05) is 0 Å². The number of imidazole rings is 1. The summed E-state index contributed by atoms with van der Waals surface area (Å²) < 4.78 is 1.46. The van der Waals surface area contributed by atoms with Crippen molar-refractivity contribution >= 4 is 23.2 Å². The molecular formula is C10H9ClN4O. The summed E-state index contributed by atoms with van der Waals surface area (Å²) >= 11 is 5.78. The van der Waals surface area contributed by atoms with Gasteiger partial charge in [-0.3, -0.25) is 4.79 Å². The van der Waals surface area contributed by atoms with Gasteiger partial charge in [-0.2, -0.15) is 5.10 Å². The third kappa shape index (κ3) is 1.63. The fourth-order valence-electron chi connectivity index (χ4n) is 1.49. The quantitative estimate of drug-likeness (QED) is 0.855. The van der Waals surface area contributed by atoms with Crippen molar-refractivity contribution in [1.29, 1.82) is 0 Å². The smallest absolute Gasteiger partial charge is 0.271 e. The molecule has 6 heteroatoms. The molecule has 1 fully saturated rings. The van der Waals surface area contributed by atoms with Gasteiger partial charge in [0.25, 0.3) is 5.91 Å². The zero-order valence-corrected chi connectivity index (χ0v) is 9.11. The molecule has 3 rings (SSSR count). The molecule has 1 aliphatic rings. The molecule has 0 aromatic carbocycles. The minimum absolute atomic E-state index is 0.148. The predicted molar refractivity (Wildman–Crippen MR) is 58.5 cm³/mol. The van der Waals surface area contributed by atoms with E-state index in [0.29, 0.717) is 22.5 Å². The first kappa shape index (κ1) is 9.59. The zero-order valence-electron chi connectivity index (χ0n) is 8.35. The Hall–Kier alpha value is -1.62. The molecule has 0 radical (unpaired) electrons. The number of fused-ring (bicyclic) bond motifs is 1. The minimum Gasteiger partial charge on any atom is -0.348 e. The van der Waals surface area contributed by atoms with Gasteiger partial charge in [-0.25, -0.2) is 9.50 Å². The second-order valence-corrected chi connectivity index (χ2v) is 4.20. The Morgan fingerprint density at radius 1 is 1.50 bits per heavy atom. The average Bonchev–Trinajstić information content (AvgIpc) is 2.96. The van der Waals surface area contributed by atoms with E-state index in [0.717, 1.165) is 12.8 Å². The van der Waals surface area contributed by atoms with Crippen LogP contribution in [0.1, 0.15) is 23.3 Å². The highest BCUT2D eigenvalue weighted by molar-refractivity contribution is 6.29. The van der Waals surface area contributed by atoms with Gasteiger partial charge < -0.3 is 5.32 Å². The number of rotatable bonds is 2. The summed E-state index contributed by atoms with van der Waals surface area (Å²) in [4.78, 5) is 15.9. The Bertz CT molecular complexity index is 561. The first-order valence-electron chi connectivity index (χ1n) is 5.05. The lowest BCUT2D eigenvalue weighted by molar-refractivity contribution is 0.0944. The van der Waals surface area contributed by atoms with Crippen LogP contribution in [0, 0.1) is 0 Å². The number of halogens is 1. The highest BCUT2D eigenvalue weighted by Gasteiger charge is 2.25. The van der Waals surface area contributed by atoms with Gasteiger partial charge >= 0.3 is 0 Å². The van der Waals surface area contributed by atoms with Crippen LogP contribution in [0.15, 0.2) is 18.3 Å². The Labute approximate surface area is 96.4 Å². The monoisotopic (exact) mass is 236 g/mol. The Morgan fingerprint density at radius 3 is 3.06 bits per heavy atom. The highest BCUT2D eigenvalue weighted by atomic mass is 35.5. The molecule has 0 atom stereocenters. The number of nitrogens with zero attached hydrogens (tertiary/aromatic N) is 3. The summed E-state index contributed by atoms with van der Waals surface area (Å²) in [6.07, 6.45) is 3.61. The van der Waals surface area contributed by atoms with Crippen molar-refractivity contribution in [2.24, 2.45) is 0 Å². The lowest BCUT2D eigenvalue weighted by atomic mass is 10.4. The summed E-state index contributed by atoms with van der Waals surface area (Å²) in [5.74, 6) is -0.148. The van der Waals surface area contributed by atoms with Gasteiger partial charge in [0, 0.05) is 6.04 Å². The largest absolute Gasteiger partial charge is 0.348 e. The van der Waals surface area contributed by atoms with E-state index in [1.165, 1.54) is 10.7 Å². The molecule has 1 N–H and O–H groups in total. The maximum absolute atomic E-state index is 11.8. The second kappa shape index (κ2) is 3.45. The Kier molecular flexibility index (Phi) is 2.07. The maximum Gasteiger partial charge on any atom is 0.271 e. The van der Waals surface area contributed by atoms with Crippen molar-refractivity contribution in [3.05, 3.63) is 29.2 Å². The second-order valence-electron chi connectivity index (χ2n) is 3.82. The molecule has 1 amide bonds. The minimum atomic E-state index is -0.148. The van der Waals surface area contributed by atoms with E-state index < -0.39 is 0 Å². The van der Waals surface area contributed by atoms with E-state index in [2.05, 4.69) is 15.4 Å². The third-order valence-corrected chi connectivity index (χ3v) is 2.68. The summed E-state index contributed by atoms with van der Waals surface area (Å²) in [6.45, 7) is 0. The number of hydrogen-bond acceptors (Lipinski definition) is 3. The lowest BCUT2D eigenvalue weighted by Crippen LogP contribution is -2.26. The highest BCUT2D eigenvalue weighted by Crippen LogP contribution is 2.19. The van der Waals surface area contributed by atoms with Crippen LogP contribution in [0.4, 0.5) is 0 Å². The molecule has 2 heterocycles. The van der Waals surface area contributed by atoms with Gasteiger partial charge in [0.15, 0.2) is 11.3 Å². The molecule has 1 aliphatic carbocycles. The van der Waals surface area contributed by atoms with E-state index >= 15 is 0 Å². The van der Waals surface area contributed by atoms with Crippen LogP contribution in [0.5, 0.6) is 0 Å². The van der Waals surface area contributed by atoms with Crippen LogP contribution in [-0.2, 0) is 0 Å². The third-order valence-electron chi connectivity index (χ3n) is 2.47. The normalized spacial score (nSPS) is 15.3. The van der Waals surface area contributed by atoms with Gasteiger partial charge in [0.2, 0.25) is 0 Å². The summed E-state index contributed by atoms with van der Waals surface area (Å²) in [7, 11) is 0. The first-order valence-corrected chi connectivity index (χ1v) is 5.43. The molecular weight excluding hydrogens is 228 g/mol. The van der Waals surface area contributed by atoms with Gasteiger partial charge in [-0.1, -0.05) is 11.6 Å². The Morgan fingerprint density at radius 2 is 2.31 bits per heavy atom. The molecule has 82 valence electrons. The average molecular weight is 237 g/mol. The fourth-order valence-corrected chi connectivity index (χ4v) is 1.63. The van der Waals surface area contributed by atoms with Crippen LogP contribution in [-0.4, -0.2) is 26.5 Å². The fraction of sp³-hybridized carbons (Fsp3) is 0.300. The predicted octanol–water partition coefficient (Wildman–Crippen LogP) is 1.27. The van der Waals surface area contributed by atoms with E-state index in [-0.39, 0.29) is 5.91 Å². The van der Waals surface area contributed by atoms with Gasteiger partial charge in [-0.15, -0.1) is 0 Å². The SMILES string of the molecule is O=C(NC1CC1)c1cnc2ccc(Cl)nn12. The molecule has 0 bridgehead atoms. The van der Waals surface area contributed by atoms with Crippen LogP contribution in [0.3, 0.4) is 0 Å². The summed E-state index contributed by atoms with van der Waals surface area (Å²) in [5, 5.41) is 7.27. The molecule has 0 spiro atoms. The molecule has 0 aliphatic heterocycles. The molecule has 0 unspecified atom stereocenters. The lowest BCUT2D eigenvalue weighted by Gasteiger charge is -2.01. The number of hydrogen-bond donors (Lipinski definition) is 1. The molecule has 16 heavy (non-hydrogen) atoms. The Balaban J connectivity index is 2.01. The topological polar surface area (TPSA) is 59.3 Å². The van der Waals surface area contributed by atoms with Gasteiger partial charge in [0.1, 0.15) is 5.15 Å². The summed E-state index contributed by atoms with van der Waals surface area (Å²) in [6, 6.07) is 3.69. The zero-order chi connectivity index (χ0) is 11.1. The molecule has 1 saturated carbocycles. The van der Waals surface area contributed by atoms with E-state index in [1.807, 2.05) is 0 Å². The van der Waals surface area contributed by atoms with Crippen LogP contribution < -0.4 is 5.32 Å². The molecule has 2 aromatic heterocycles. The van der Waals surface area contributed by atoms with Crippen molar-refractivity contribution in [1.82, 2.24) is 19.9 Å². The molecule has 2 aromatic rings. The number of carbonyl (C=O) groups excluding carboxylic acids is 1. The first-order chi connectivity index (χ1) is 7.74. The van der Waals surface area contributed by atoms with Gasteiger partial charge in [0.05, 0.1) is 6.20 Å². The van der Waals surface area contributed by atoms with Crippen LogP contribution >= 0.6 is 11.6 Å². The number of amides is 1. The standard InChI is InChI=1S/C10H9ClN4O/c11-8-3-4-9-12-5-7(15(9)14-8)10(16)13-6-1-2-6/h3-6H,1-2H2,(H,13,16). The van der Waals surface area contributed by atoms with Crippen molar-refractivity contribution in [2.45, 2.75) is 18.9 Å². The number of nitrogens with one attached hydrogen (secondary N) is 1. The van der Waals surface area contributed by atoms with Crippen LogP contribution in [0.2, 0.25) is 5.15 Å². The van der Waals surface area contributed by atoms with Crippen LogP contribution in [0.25, 0.3) is 5.65 Å². The summed E-state index contributed by atoms with van der Waals surface area (Å²) in [5.41, 5.74) is 1.04. The number of carbonyl (C=O) groups is 1. The van der Waals surface area contributed by atoms with Crippen molar-refractivity contribution < 1.29 is 4.79 Å². The number of aromatic nitrogens is 3. The van der Waals surface area contributed by atoms with E-state index in [1.54, 1.807) is 12.1 Å². The van der Waals surface area contributed by atoms with Crippen molar-refractivity contribution in [3.8, 4) is 0 Å². The van der Waals surface area contributed by atoms with E-state index in [4.69, 9.17) is 11.6 Å². The molecule has 5 nitrogen and oxygen atoms in total. The van der Waals surface area contributed by atoms with Gasteiger partial charge in [-0.05, 0) is 25.0 Å².